The highest BCUT2D eigenvalue weighted by atomic mass is 16.7. The monoisotopic (exact) mass is 331 g/mol. The molecule has 1 amide bonds. The largest absolute Gasteiger partial charge is 0.511 e. The Morgan fingerprint density at radius 1 is 1.46 bits per heavy atom. The van der Waals surface area contributed by atoms with Crippen molar-refractivity contribution in [1.29, 1.82) is 0 Å². The number of pyridine rings is 1. The van der Waals surface area contributed by atoms with Gasteiger partial charge in [-0.3, -0.25) is 9.48 Å². The number of carbonyl (C=O) groups excluding carboxylic acids is 1. The van der Waals surface area contributed by atoms with Gasteiger partial charge in [-0.15, -0.1) is 0 Å². The standard InChI is InChI=1S/C15H17N5O4/c1-7(2)15(3)13(21)18-11(19-15)10-9(24-14(22)23)5-8-6-16-20(4)12(8)17-10/h5-7H,1-4H3,(H,22,23)(H,18,19,21). The predicted octanol–water partition coefficient (Wildman–Crippen LogP) is 1.32. The minimum absolute atomic E-state index is 0.00458. The number of amidine groups is 1. The van der Waals surface area contributed by atoms with Crippen LogP contribution in [0, 0.1) is 5.92 Å². The van der Waals surface area contributed by atoms with E-state index in [1.54, 1.807) is 24.9 Å². The first-order chi connectivity index (χ1) is 11.2. The number of aliphatic imine (C=N–C) groups is 1. The molecule has 3 heterocycles. The van der Waals surface area contributed by atoms with Crippen LogP contribution in [0.2, 0.25) is 0 Å². The average Bonchev–Trinajstić information content (AvgIpc) is 2.99. The Kier molecular flexibility index (Phi) is 3.51. The van der Waals surface area contributed by atoms with E-state index in [0.29, 0.717) is 11.0 Å². The molecular formula is C15H17N5O4. The van der Waals surface area contributed by atoms with E-state index in [0.717, 1.165) is 0 Å². The van der Waals surface area contributed by atoms with Crippen LogP contribution >= 0.6 is 0 Å². The molecule has 0 aromatic carbocycles. The van der Waals surface area contributed by atoms with Crippen LogP contribution in [0.25, 0.3) is 11.0 Å². The minimum atomic E-state index is -1.47. The summed E-state index contributed by atoms with van der Waals surface area (Å²) in [5.74, 6) is -0.120. The summed E-state index contributed by atoms with van der Waals surface area (Å²) in [5.41, 5.74) is -0.261. The normalized spacial score (nSPS) is 20.4. The molecule has 0 radical (unpaired) electrons. The van der Waals surface area contributed by atoms with Gasteiger partial charge >= 0.3 is 6.16 Å². The molecule has 1 atom stereocenters. The zero-order valence-corrected chi connectivity index (χ0v) is 13.7. The first-order valence-corrected chi connectivity index (χ1v) is 7.37. The number of ether oxygens (including phenoxy) is 1. The van der Waals surface area contributed by atoms with Gasteiger partial charge in [0, 0.05) is 12.4 Å². The van der Waals surface area contributed by atoms with Crippen molar-refractivity contribution in [2.45, 2.75) is 26.3 Å². The molecule has 2 N–H and O–H groups in total. The van der Waals surface area contributed by atoms with Crippen molar-refractivity contribution in [2.24, 2.45) is 18.0 Å². The molecule has 0 saturated heterocycles. The third-order valence-corrected chi connectivity index (χ3v) is 4.25. The maximum absolute atomic E-state index is 12.3. The van der Waals surface area contributed by atoms with Crippen molar-refractivity contribution >= 4 is 28.9 Å². The summed E-state index contributed by atoms with van der Waals surface area (Å²) in [4.78, 5) is 32.1. The van der Waals surface area contributed by atoms with E-state index in [1.807, 2.05) is 13.8 Å². The number of nitrogens with one attached hydrogen (secondary N) is 1. The molecule has 9 heteroatoms. The van der Waals surface area contributed by atoms with E-state index in [-0.39, 0.29) is 29.1 Å². The number of amides is 1. The van der Waals surface area contributed by atoms with Crippen LogP contribution in [-0.2, 0) is 11.8 Å². The molecule has 0 saturated carbocycles. The summed E-state index contributed by atoms with van der Waals surface area (Å²) in [6, 6.07) is 1.51. The van der Waals surface area contributed by atoms with Gasteiger partial charge in [0.15, 0.2) is 22.9 Å². The van der Waals surface area contributed by atoms with Gasteiger partial charge in [-0.05, 0) is 18.9 Å². The van der Waals surface area contributed by atoms with Gasteiger partial charge in [0.2, 0.25) is 0 Å². The average molecular weight is 331 g/mol. The Balaban J connectivity index is 2.19. The second-order valence-corrected chi connectivity index (χ2v) is 6.10. The lowest BCUT2D eigenvalue weighted by molar-refractivity contribution is -0.124. The summed E-state index contributed by atoms with van der Waals surface area (Å²) in [6.45, 7) is 5.50. The lowest BCUT2D eigenvalue weighted by atomic mass is 9.89. The molecule has 0 bridgehead atoms. The van der Waals surface area contributed by atoms with Gasteiger partial charge in [-0.25, -0.2) is 14.8 Å². The summed E-state index contributed by atoms with van der Waals surface area (Å²) >= 11 is 0. The van der Waals surface area contributed by atoms with Gasteiger partial charge < -0.3 is 15.2 Å². The third-order valence-electron chi connectivity index (χ3n) is 4.25. The van der Waals surface area contributed by atoms with Crippen LogP contribution in [0.15, 0.2) is 17.3 Å². The van der Waals surface area contributed by atoms with E-state index in [1.165, 1.54) is 6.07 Å². The molecule has 2 aromatic rings. The van der Waals surface area contributed by atoms with E-state index in [4.69, 9.17) is 9.84 Å². The number of aryl methyl sites for hydroxylation is 1. The van der Waals surface area contributed by atoms with E-state index in [9.17, 15) is 9.59 Å². The number of carbonyl (C=O) groups is 2. The highest BCUT2D eigenvalue weighted by Crippen LogP contribution is 2.30. The fraction of sp³-hybridized carbons (Fsp3) is 0.400. The topological polar surface area (TPSA) is 119 Å². The Morgan fingerprint density at radius 2 is 2.17 bits per heavy atom. The molecule has 1 aliphatic rings. The van der Waals surface area contributed by atoms with Crippen LogP contribution < -0.4 is 10.1 Å². The molecule has 0 aliphatic carbocycles. The number of carboxylic acid groups (broad SMARTS) is 1. The lowest BCUT2D eigenvalue weighted by Crippen LogP contribution is -2.41. The van der Waals surface area contributed by atoms with E-state index in [2.05, 4.69) is 20.4 Å². The second-order valence-electron chi connectivity index (χ2n) is 6.10. The van der Waals surface area contributed by atoms with Gasteiger partial charge in [-0.2, -0.15) is 5.10 Å². The molecule has 3 rings (SSSR count). The van der Waals surface area contributed by atoms with Gasteiger partial charge in [-0.1, -0.05) is 13.8 Å². The van der Waals surface area contributed by atoms with Gasteiger partial charge in [0.05, 0.1) is 6.20 Å². The molecular weight excluding hydrogens is 314 g/mol. The summed E-state index contributed by atoms with van der Waals surface area (Å²) < 4.78 is 6.37. The molecule has 1 aliphatic heterocycles. The zero-order chi connectivity index (χ0) is 17.6. The van der Waals surface area contributed by atoms with Crippen molar-refractivity contribution in [1.82, 2.24) is 20.1 Å². The summed E-state index contributed by atoms with van der Waals surface area (Å²) in [7, 11) is 1.71. The van der Waals surface area contributed by atoms with Crippen LogP contribution in [-0.4, -0.2) is 43.3 Å². The fourth-order valence-electron chi connectivity index (χ4n) is 2.45. The number of nitrogens with zero attached hydrogens (tertiary/aromatic N) is 4. The van der Waals surface area contributed by atoms with Gasteiger partial charge in [0.1, 0.15) is 5.54 Å². The van der Waals surface area contributed by atoms with E-state index >= 15 is 0 Å². The number of hydrogen-bond acceptors (Lipinski definition) is 6. The molecule has 0 fully saturated rings. The van der Waals surface area contributed by atoms with Crippen LogP contribution in [0.5, 0.6) is 5.75 Å². The maximum Gasteiger partial charge on any atom is 0.511 e. The summed E-state index contributed by atoms with van der Waals surface area (Å²) in [6.07, 6.45) is 0.0755. The number of hydrogen-bond donors (Lipinski definition) is 2. The lowest BCUT2D eigenvalue weighted by Gasteiger charge is -2.21. The Bertz CT molecular complexity index is 885. The van der Waals surface area contributed by atoms with Crippen molar-refractivity contribution in [3.05, 3.63) is 18.0 Å². The highest BCUT2D eigenvalue weighted by Gasteiger charge is 2.43. The smallest absolute Gasteiger partial charge is 0.449 e. The first-order valence-electron chi connectivity index (χ1n) is 7.37. The SMILES string of the molecule is CC(C)C1(C)N=C(c2nc3c(cnn3C)cc2OC(=O)O)NC1=O. The number of fused-ring (bicyclic) bond motifs is 1. The van der Waals surface area contributed by atoms with Crippen LogP contribution in [0.4, 0.5) is 4.79 Å². The van der Waals surface area contributed by atoms with Crippen molar-refractivity contribution in [3.63, 3.8) is 0 Å². The Labute approximate surface area is 137 Å². The first kappa shape index (κ1) is 15.9. The quantitative estimate of drug-likeness (QED) is 0.819. The number of rotatable bonds is 3. The summed E-state index contributed by atoms with van der Waals surface area (Å²) in [5, 5.41) is 16.3. The highest BCUT2D eigenvalue weighted by molar-refractivity contribution is 6.16. The number of aromatic nitrogens is 3. The van der Waals surface area contributed by atoms with Gasteiger partial charge in [0.25, 0.3) is 5.91 Å². The fourth-order valence-corrected chi connectivity index (χ4v) is 2.45. The zero-order valence-electron chi connectivity index (χ0n) is 13.7. The Hall–Kier alpha value is -2.97. The predicted molar refractivity (Wildman–Crippen MR) is 85.1 cm³/mol. The van der Waals surface area contributed by atoms with E-state index < -0.39 is 11.7 Å². The van der Waals surface area contributed by atoms with Crippen LogP contribution in [0.1, 0.15) is 26.5 Å². The molecule has 126 valence electrons. The van der Waals surface area contributed by atoms with Crippen molar-refractivity contribution < 1.29 is 19.4 Å². The molecule has 0 spiro atoms. The molecule has 9 nitrogen and oxygen atoms in total. The second kappa shape index (κ2) is 5.29. The van der Waals surface area contributed by atoms with Crippen LogP contribution in [0.3, 0.4) is 0 Å². The van der Waals surface area contributed by atoms with Crippen molar-refractivity contribution in [3.8, 4) is 5.75 Å². The minimum Gasteiger partial charge on any atom is -0.449 e. The molecule has 24 heavy (non-hydrogen) atoms. The molecule has 2 aromatic heterocycles. The maximum atomic E-state index is 12.3. The molecule has 1 unspecified atom stereocenters. The Morgan fingerprint density at radius 3 is 2.75 bits per heavy atom. The van der Waals surface area contributed by atoms with Crippen molar-refractivity contribution in [2.75, 3.05) is 0 Å². The third kappa shape index (κ3) is 2.38.